The van der Waals surface area contributed by atoms with Crippen molar-refractivity contribution in [2.75, 3.05) is 11.6 Å². The van der Waals surface area contributed by atoms with Gasteiger partial charge in [-0.15, -0.1) is 0 Å². The van der Waals surface area contributed by atoms with Gasteiger partial charge in [0.25, 0.3) is 6.43 Å². The number of hydrogen-bond acceptors (Lipinski definition) is 5. The van der Waals surface area contributed by atoms with Gasteiger partial charge in [0.15, 0.2) is 5.78 Å². The van der Waals surface area contributed by atoms with E-state index >= 15 is 0 Å². The topological polar surface area (TPSA) is 93.4 Å². The summed E-state index contributed by atoms with van der Waals surface area (Å²) < 4.78 is 46.6. The monoisotopic (exact) mass is 432 g/mol. The Balaban J connectivity index is 2.03. The largest absolute Gasteiger partial charge is 0.359 e. The van der Waals surface area contributed by atoms with Crippen molar-refractivity contribution >= 4 is 22.1 Å². The standard InChI is InChI=1S/C22H22F2N2O3S/c1-13(17-7-6-14(12-25)10-20(17)30(2,28)29)21-18(8-9-19(21)27)26-16-5-3-4-15(11-16)22(23)24/h3-7,10-11,13,22,26,28-29H,8-9H2,1-2H3. The quantitative estimate of drug-likeness (QED) is 0.515. The Labute approximate surface area is 175 Å². The fourth-order valence-electron chi connectivity index (χ4n) is 3.69. The van der Waals surface area contributed by atoms with Crippen LogP contribution in [-0.4, -0.2) is 21.1 Å². The predicted octanol–water partition coefficient (Wildman–Crippen LogP) is 6.07. The van der Waals surface area contributed by atoms with E-state index in [1.807, 2.05) is 6.07 Å². The maximum absolute atomic E-state index is 13.0. The highest BCUT2D eigenvalue weighted by molar-refractivity contribution is 8.23. The number of benzene rings is 2. The van der Waals surface area contributed by atoms with Gasteiger partial charge in [0.1, 0.15) is 0 Å². The molecule has 3 N–H and O–H groups in total. The van der Waals surface area contributed by atoms with Crippen molar-refractivity contribution in [1.82, 2.24) is 0 Å². The number of nitriles is 1. The molecule has 3 rings (SSSR count). The first-order chi connectivity index (χ1) is 14.1. The highest BCUT2D eigenvalue weighted by Gasteiger charge is 2.31. The van der Waals surface area contributed by atoms with Gasteiger partial charge >= 0.3 is 0 Å². The smallest absolute Gasteiger partial charge is 0.263 e. The fourth-order valence-corrected chi connectivity index (χ4v) is 4.73. The summed E-state index contributed by atoms with van der Waals surface area (Å²) in [5, 5.41) is 12.3. The lowest BCUT2D eigenvalue weighted by atomic mass is 9.90. The zero-order chi connectivity index (χ0) is 22.1. The molecule has 30 heavy (non-hydrogen) atoms. The summed E-state index contributed by atoms with van der Waals surface area (Å²) in [7, 11) is -3.14. The summed E-state index contributed by atoms with van der Waals surface area (Å²) in [6.07, 6.45) is -0.601. The molecular formula is C22H22F2N2O3S. The molecular weight excluding hydrogens is 410 g/mol. The first kappa shape index (κ1) is 22.0. The van der Waals surface area contributed by atoms with Crippen molar-refractivity contribution in [3.8, 4) is 6.07 Å². The minimum atomic E-state index is -3.14. The molecule has 0 aromatic heterocycles. The van der Waals surface area contributed by atoms with E-state index in [0.717, 1.165) is 0 Å². The van der Waals surface area contributed by atoms with Crippen LogP contribution in [0.1, 0.15) is 48.8 Å². The van der Waals surface area contributed by atoms with Gasteiger partial charge < -0.3 is 5.32 Å². The second-order valence-corrected chi connectivity index (χ2v) is 9.39. The number of nitrogens with zero attached hydrogens (tertiary/aromatic N) is 1. The average molecular weight is 432 g/mol. The molecule has 0 saturated carbocycles. The Morgan fingerprint density at radius 1 is 1.17 bits per heavy atom. The van der Waals surface area contributed by atoms with Crippen molar-refractivity contribution in [3.05, 3.63) is 70.4 Å². The lowest BCUT2D eigenvalue weighted by Gasteiger charge is -2.31. The lowest BCUT2D eigenvalue weighted by molar-refractivity contribution is -0.115. The van der Waals surface area contributed by atoms with E-state index in [-0.39, 0.29) is 28.2 Å². The summed E-state index contributed by atoms with van der Waals surface area (Å²) in [5.41, 5.74) is 2.28. The number of rotatable bonds is 6. The zero-order valence-electron chi connectivity index (χ0n) is 16.5. The van der Waals surface area contributed by atoms with Crippen molar-refractivity contribution in [2.45, 2.75) is 37.0 Å². The molecule has 1 aliphatic carbocycles. The van der Waals surface area contributed by atoms with Gasteiger partial charge in [-0.2, -0.15) is 15.9 Å². The van der Waals surface area contributed by atoms with Gasteiger partial charge in [-0.25, -0.2) is 8.78 Å². The third-order valence-corrected chi connectivity index (χ3v) is 6.31. The van der Waals surface area contributed by atoms with Crippen LogP contribution in [0, 0.1) is 11.3 Å². The van der Waals surface area contributed by atoms with Crippen LogP contribution in [0.2, 0.25) is 0 Å². The second-order valence-electron chi connectivity index (χ2n) is 7.29. The van der Waals surface area contributed by atoms with Crippen LogP contribution in [0.4, 0.5) is 14.5 Å². The molecule has 2 aromatic carbocycles. The molecule has 8 heteroatoms. The number of hydrogen-bond donors (Lipinski definition) is 3. The molecule has 5 nitrogen and oxygen atoms in total. The Bertz CT molecular complexity index is 1060. The minimum absolute atomic E-state index is 0.0853. The molecule has 0 fully saturated rings. The number of nitrogens with one attached hydrogen (secondary N) is 1. The van der Waals surface area contributed by atoms with E-state index in [9.17, 15) is 22.7 Å². The zero-order valence-corrected chi connectivity index (χ0v) is 17.3. The summed E-state index contributed by atoms with van der Waals surface area (Å²) in [6, 6.07) is 12.5. The highest BCUT2D eigenvalue weighted by Crippen LogP contribution is 2.50. The van der Waals surface area contributed by atoms with Crippen LogP contribution in [0.3, 0.4) is 0 Å². The summed E-state index contributed by atoms with van der Waals surface area (Å²) in [5.74, 6) is -0.562. The van der Waals surface area contributed by atoms with Gasteiger partial charge in [-0.3, -0.25) is 13.9 Å². The maximum Gasteiger partial charge on any atom is 0.263 e. The number of halogens is 2. The molecule has 0 aliphatic heterocycles. The third kappa shape index (κ3) is 4.54. The fraction of sp³-hybridized carbons (Fsp3) is 0.273. The summed E-state index contributed by atoms with van der Waals surface area (Å²) in [4.78, 5) is 12.9. The van der Waals surface area contributed by atoms with Crippen LogP contribution in [0.5, 0.6) is 0 Å². The molecule has 0 amide bonds. The van der Waals surface area contributed by atoms with Crippen LogP contribution in [0.15, 0.2) is 58.6 Å². The molecule has 0 saturated heterocycles. The number of carbonyl (C=O) groups excluding carboxylic acids is 1. The molecule has 0 bridgehead atoms. The van der Waals surface area contributed by atoms with E-state index in [0.29, 0.717) is 28.9 Å². The summed E-state index contributed by atoms with van der Waals surface area (Å²) >= 11 is 0. The Morgan fingerprint density at radius 2 is 1.90 bits per heavy atom. The lowest BCUT2D eigenvalue weighted by Crippen LogP contribution is -2.12. The number of allylic oxidation sites excluding steroid dienone is 2. The van der Waals surface area contributed by atoms with E-state index < -0.39 is 22.9 Å². The first-order valence-electron chi connectivity index (χ1n) is 9.30. The molecule has 0 heterocycles. The highest BCUT2D eigenvalue weighted by atomic mass is 32.3. The van der Waals surface area contributed by atoms with Crippen LogP contribution in [-0.2, 0) is 4.79 Å². The van der Waals surface area contributed by atoms with Gasteiger partial charge in [0, 0.05) is 41.1 Å². The molecule has 1 unspecified atom stereocenters. The van der Waals surface area contributed by atoms with E-state index in [4.69, 9.17) is 5.26 Å². The molecule has 1 atom stereocenters. The Morgan fingerprint density at radius 3 is 2.53 bits per heavy atom. The number of anilines is 1. The first-order valence-corrected chi connectivity index (χ1v) is 11.3. The SMILES string of the molecule is CC(C1=C(Nc2cccc(C(F)F)c2)CCC1=O)c1ccc(C#N)cc1S(C)(O)O. The molecule has 1 aliphatic rings. The van der Waals surface area contributed by atoms with E-state index in [1.54, 1.807) is 25.1 Å². The minimum Gasteiger partial charge on any atom is -0.359 e. The van der Waals surface area contributed by atoms with Crippen LogP contribution < -0.4 is 5.32 Å². The maximum atomic E-state index is 13.0. The Hall–Kier alpha value is -2.73. The molecule has 0 spiro atoms. The van der Waals surface area contributed by atoms with Crippen LogP contribution >= 0.6 is 10.6 Å². The van der Waals surface area contributed by atoms with Crippen molar-refractivity contribution in [2.24, 2.45) is 0 Å². The van der Waals surface area contributed by atoms with Crippen LogP contribution in [0.25, 0.3) is 0 Å². The number of carbonyl (C=O) groups is 1. The van der Waals surface area contributed by atoms with Gasteiger partial charge in [-0.1, -0.05) is 25.1 Å². The van der Waals surface area contributed by atoms with E-state index in [1.165, 1.54) is 30.5 Å². The normalized spacial score (nSPS) is 16.0. The number of Topliss-reactive ketones (excluding diaryl/α,β-unsaturated/α-hetero) is 1. The summed E-state index contributed by atoms with van der Waals surface area (Å²) in [6.45, 7) is 1.78. The van der Waals surface area contributed by atoms with Gasteiger partial charge in [0.2, 0.25) is 0 Å². The second kappa shape index (κ2) is 8.56. The number of ketones is 1. The number of alkyl halides is 2. The molecule has 0 radical (unpaired) electrons. The Kier molecular flexibility index (Phi) is 6.27. The van der Waals surface area contributed by atoms with Gasteiger partial charge in [-0.05, 0) is 36.2 Å². The molecule has 158 valence electrons. The van der Waals surface area contributed by atoms with Gasteiger partial charge in [0.05, 0.1) is 16.5 Å². The van der Waals surface area contributed by atoms with Crippen molar-refractivity contribution < 1.29 is 22.7 Å². The third-order valence-electron chi connectivity index (χ3n) is 5.12. The van der Waals surface area contributed by atoms with E-state index in [2.05, 4.69) is 5.32 Å². The average Bonchev–Trinajstić information content (AvgIpc) is 3.06. The van der Waals surface area contributed by atoms with Crippen molar-refractivity contribution in [3.63, 3.8) is 0 Å². The van der Waals surface area contributed by atoms with Crippen molar-refractivity contribution in [1.29, 1.82) is 5.26 Å². The predicted molar refractivity (Wildman–Crippen MR) is 113 cm³/mol. The molecule has 2 aromatic rings.